The summed E-state index contributed by atoms with van der Waals surface area (Å²) in [6, 6.07) is 5.42. The van der Waals surface area contributed by atoms with E-state index in [-0.39, 0.29) is 5.82 Å². The molecule has 0 heterocycles. The van der Waals surface area contributed by atoms with Crippen LogP contribution in [0.3, 0.4) is 0 Å². The Hall–Kier alpha value is -0.410. The van der Waals surface area contributed by atoms with Crippen LogP contribution in [0, 0.1) is 5.82 Å². The second-order valence-electron chi connectivity index (χ2n) is 4.01. The molecule has 0 aliphatic rings. The predicted molar refractivity (Wildman–Crippen MR) is 76.8 cm³/mol. The van der Waals surface area contributed by atoms with Crippen LogP contribution in [-0.2, 0) is 5.88 Å². The predicted octanol–water partition coefficient (Wildman–Crippen LogP) is 4.14. The number of alkyl halides is 1. The van der Waals surface area contributed by atoms with E-state index in [4.69, 9.17) is 11.6 Å². The van der Waals surface area contributed by atoms with Crippen molar-refractivity contribution in [2.75, 3.05) is 24.0 Å². The molecule has 1 aromatic rings. The van der Waals surface area contributed by atoms with Crippen molar-refractivity contribution in [3.63, 3.8) is 0 Å². The minimum atomic E-state index is -0.190. The second kappa shape index (κ2) is 7.12. The van der Waals surface area contributed by atoms with Crippen molar-refractivity contribution in [2.24, 2.45) is 0 Å². The molecule has 1 aromatic carbocycles. The van der Waals surface area contributed by atoms with Crippen molar-refractivity contribution < 1.29 is 4.39 Å². The summed E-state index contributed by atoms with van der Waals surface area (Å²) < 4.78 is 13.9. The summed E-state index contributed by atoms with van der Waals surface area (Å²) >= 11 is 7.65. The van der Waals surface area contributed by atoms with Gasteiger partial charge < -0.3 is 4.90 Å². The highest BCUT2D eigenvalue weighted by Crippen LogP contribution is 2.27. The van der Waals surface area contributed by atoms with Crippen LogP contribution < -0.4 is 4.90 Å². The first-order chi connectivity index (χ1) is 8.15. The maximum Gasteiger partial charge on any atom is 0.146 e. The molecular formula is C13H19ClFNS. The van der Waals surface area contributed by atoms with Crippen LogP contribution in [0.5, 0.6) is 0 Å². The van der Waals surface area contributed by atoms with Crippen molar-refractivity contribution in [3.05, 3.63) is 29.6 Å². The zero-order valence-electron chi connectivity index (χ0n) is 10.5. The molecule has 1 atom stereocenters. The van der Waals surface area contributed by atoms with Gasteiger partial charge in [0.2, 0.25) is 0 Å². The molecule has 0 saturated heterocycles. The smallest absolute Gasteiger partial charge is 0.146 e. The summed E-state index contributed by atoms with van der Waals surface area (Å²) in [5.74, 6) is 1.14. The summed E-state index contributed by atoms with van der Waals surface area (Å²) in [5.41, 5.74) is 1.50. The van der Waals surface area contributed by atoms with Crippen molar-refractivity contribution >= 4 is 29.1 Å². The Morgan fingerprint density at radius 1 is 1.47 bits per heavy atom. The van der Waals surface area contributed by atoms with Crippen LogP contribution in [0.2, 0.25) is 0 Å². The first kappa shape index (κ1) is 14.7. The molecule has 0 N–H and O–H groups in total. The van der Waals surface area contributed by atoms with Gasteiger partial charge in [-0.15, -0.1) is 11.6 Å². The summed E-state index contributed by atoms with van der Waals surface area (Å²) in [6.45, 7) is 2.12. The molecule has 0 amide bonds. The number of anilines is 1. The van der Waals surface area contributed by atoms with E-state index in [1.165, 1.54) is 6.07 Å². The van der Waals surface area contributed by atoms with E-state index in [0.717, 1.165) is 17.7 Å². The molecule has 0 spiro atoms. The van der Waals surface area contributed by atoms with Gasteiger partial charge in [-0.05, 0) is 24.3 Å². The molecule has 0 fully saturated rings. The van der Waals surface area contributed by atoms with E-state index in [1.807, 2.05) is 18.0 Å². The molecule has 0 aliphatic heterocycles. The number of nitrogens with zero attached hydrogens (tertiary/aromatic N) is 1. The maximum absolute atomic E-state index is 13.9. The van der Waals surface area contributed by atoms with Gasteiger partial charge in [-0.25, -0.2) is 4.39 Å². The van der Waals surface area contributed by atoms with Crippen molar-refractivity contribution in [1.82, 2.24) is 0 Å². The number of hydrogen-bond acceptors (Lipinski definition) is 2. The summed E-state index contributed by atoms with van der Waals surface area (Å²) in [5, 5.41) is 0. The van der Waals surface area contributed by atoms with Crippen LogP contribution in [-0.4, -0.2) is 25.1 Å². The van der Waals surface area contributed by atoms with Crippen molar-refractivity contribution in [3.8, 4) is 0 Å². The topological polar surface area (TPSA) is 3.24 Å². The average molecular weight is 276 g/mol. The fourth-order valence-corrected chi connectivity index (χ4v) is 3.00. The van der Waals surface area contributed by atoms with Gasteiger partial charge in [-0.1, -0.05) is 19.1 Å². The van der Waals surface area contributed by atoms with E-state index in [9.17, 15) is 4.39 Å². The van der Waals surface area contributed by atoms with E-state index < -0.39 is 0 Å². The fourth-order valence-electron chi connectivity index (χ4n) is 1.94. The van der Waals surface area contributed by atoms with Crippen molar-refractivity contribution in [2.45, 2.75) is 25.3 Å². The first-order valence-electron chi connectivity index (χ1n) is 5.70. The lowest BCUT2D eigenvalue weighted by Gasteiger charge is -2.30. The molecule has 4 heteroatoms. The largest absolute Gasteiger partial charge is 0.368 e. The summed E-state index contributed by atoms with van der Waals surface area (Å²) in [7, 11) is 1.94. The molecular weight excluding hydrogens is 257 g/mol. The lowest BCUT2D eigenvalue weighted by molar-refractivity contribution is 0.600. The Morgan fingerprint density at radius 3 is 2.71 bits per heavy atom. The SMILES string of the molecule is CCC(CSC)N(C)c1c(F)cccc1CCl. The van der Waals surface area contributed by atoms with Gasteiger partial charge in [0, 0.05) is 24.7 Å². The molecule has 1 unspecified atom stereocenters. The Kier molecular flexibility index (Phi) is 6.14. The van der Waals surface area contributed by atoms with Gasteiger partial charge in [0.05, 0.1) is 5.69 Å². The molecule has 17 heavy (non-hydrogen) atoms. The highest BCUT2D eigenvalue weighted by atomic mass is 35.5. The molecule has 0 aliphatic carbocycles. The lowest BCUT2D eigenvalue weighted by atomic mass is 10.1. The molecule has 1 nitrogen and oxygen atoms in total. The number of hydrogen-bond donors (Lipinski definition) is 0. The number of para-hydroxylation sites is 1. The van der Waals surface area contributed by atoms with Gasteiger partial charge in [-0.3, -0.25) is 0 Å². The maximum atomic E-state index is 13.9. The van der Waals surface area contributed by atoms with E-state index >= 15 is 0 Å². The zero-order valence-corrected chi connectivity index (χ0v) is 12.1. The normalized spacial score (nSPS) is 12.5. The van der Waals surface area contributed by atoms with Gasteiger partial charge in [0.15, 0.2) is 0 Å². The Bertz CT molecular complexity index is 359. The minimum Gasteiger partial charge on any atom is -0.368 e. The molecule has 96 valence electrons. The number of benzene rings is 1. The number of halogens is 2. The summed E-state index contributed by atoms with van der Waals surface area (Å²) in [6.07, 6.45) is 3.06. The summed E-state index contributed by atoms with van der Waals surface area (Å²) in [4.78, 5) is 2.02. The quantitative estimate of drug-likeness (QED) is 0.718. The fraction of sp³-hybridized carbons (Fsp3) is 0.538. The lowest BCUT2D eigenvalue weighted by Crippen LogP contribution is -2.34. The van der Waals surface area contributed by atoms with E-state index in [0.29, 0.717) is 17.6 Å². The van der Waals surface area contributed by atoms with Crippen LogP contribution in [0.15, 0.2) is 18.2 Å². The Balaban J connectivity index is 3.04. The minimum absolute atomic E-state index is 0.190. The van der Waals surface area contributed by atoms with Crippen LogP contribution in [0.1, 0.15) is 18.9 Å². The highest BCUT2D eigenvalue weighted by molar-refractivity contribution is 7.98. The molecule has 1 rings (SSSR count). The van der Waals surface area contributed by atoms with Gasteiger partial charge in [-0.2, -0.15) is 11.8 Å². The average Bonchev–Trinajstić information content (AvgIpc) is 2.34. The van der Waals surface area contributed by atoms with Crippen LogP contribution in [0.4, 0.5) is 10.1 Å². The monoisotopic (exact) mass is 275 g/mol. The van der Waals surface area contributed by atoms with E-state index in [1.54, 1.807) is 17.8 Å². The van der Waals surface area contributed by atoms with Crippen LogP contribution in [0.25, 0.3) is 0 Å². The van der Waals surface area contributed by atoms with Gasteiger partial charge in [0.25, 0.3) is 0 Å². The standard InChI is InChI=1S/C13H19ClFNS/c1-4-11(9-17-3)16(2)13-10(8-14)6-5-7-12(13)15/h5-7,11H,4,8-9H2,1-3H3. The number of rotatable bonds is 6. The third kappa shape index (κ3) is 3.52. The third-order valence-electron chi connectivity index (χ3n) is 2.95. The molecule has 0 saturated carbocycles. The van der Waals surface area contributed by atoms with Crippen LogP contribution >= 0.6 is 23.4 Å². The third-order valence-corrected chi connectivity index (χ3v) is 3.95. The first-order valence-corrected chi connectivity index (χ1v) is 7.63. The zero-order chi connectivity index (χ0) is 12.8. The number of thioether (sulfide) groups is 1. The Labute approximate surface area is 112 Å². The Morgan fingerprint density at radius 2 is 2.18 bits per heavy atom. The van der Waals surface area contributed by atoms with Gasteiger partial charge >= 0.3 is 0 Å². The van der Waals surface area contributed by atoms with E-state index in [2.05, 4.69) is 13.2 Å². The van der Waals surface area contributed by atoms with Crippen molar-refractivity contribution in [1.29, 1.82) is 0 Å². The molecule has 0 aromatic heterocycles. The second-order valence-corrected chi connectivity index (χ2v) is 5.19. The van der Waals surface area contributed by atoms with Gasteiger partial charge in [0.1, 0.15) is 5.82 Å². The molecule has 0 radical (unpaired) electrons. The molecule has 0 bridgehead atoms. The highest BCUT2D eigenvalue weighted by Gasteiger charge is 2.18.